The summed E-state index contributed by atoms with van der Waals surface area (Å²) in [6, 6.07) is 14.2. The van der Waals surface area contributed by atoms with E-state index in [4.69, 9.17) is 11.6 Å². The average molecular weight is 398 g/mol. The van der Waals surface area contributed by atoms with Crippen LogP contribution >= 0.6 is 11.6 Å². The SMILES string of the molecule is Cc1ccc2c(c1)[C@@H]1C[N+](C)(CC(C)C)CC[C@@H]1N2C(=O)c1ccccc1Cl. The first-order valence-corrected chi connectivity index (χ1v) is 10.7. The molecule has 1 amide bonds. The van der Waals surface area contributed by atoms with E-state index in [-0.39, 0.29) is 11.9 Å². The maximum Gasteiger partial charge on any atom is 0.260 e. The molecular weight excluding hydrogens is 368 g/mol. The topological polar surface area (TPSA) is 20.3 Å². The first-order chi connectivity index (χ1) is 13.3. The Bertz CT molecular complexity index is 909. The van der Waals surface area contributed by atoms with E-state index in [2.05, 4.69) is 46.0 Å². The van der Waals surface area contributed by atoms with Gasteiger partial charge in [-0.25, -0.2) is 0 Å². The van der Waals surface area contributed by atoms with Gasteiger partial charge in [-0.2, -0.15) is 0 Å². The maximum absolute atomic E-state index is 13.5. The third-order valence-corrected chi connectivity index (χ3v) is 6.70. The fraction of sp³-hybridized carbons (Fsp3) is 0.458. The predicted molar refractivity (Wildman–Crippen MR) is 116 cm³/mol. The number of carbonyl (C=O) groups excluding carboxylic acids is 1. The predicted octanol–water partition coefficient (Wildman–Crippen LogP) is 5.27. The third kappa shape index (κ3) is 3.35. The zero-order valence-corrected chi connectivity index (χ0v) is 18.0. The largest absolute Gasteiger partial charge is 0.325 e. The van der Waals surface area contributed by atoms with Crippen molar-refractivity contribution >= 4 is 23.2 Å². The van der Waals surface area contributed by atoms with Crippen LogP contribution in [0.4, 0.5) is 5.69 Å². The Morgan fingerprint density at radius 2 is 2.00 bits per heavy atom. The number of benzene rings is 2. The zero-order valence-electron chi connectivity index (χ0n) is 17.3. The third-order valence-electron chi connectivity index (χ3n) is 6.37. The van der Waals surface area contributed by atoms with Crippen LogP contribution in [0, 0.1) is 12.8 Å². The van der Waals surface area contributed by atoms with Gasteiger partial charge in [0.2, 0.25) is 0 Å². The molecule has 0 N–H and O–H groups in total. The zero-order chi connectivity index (χ0) is 20.1. The molecular formula is C24H30ClN2O+. The second-order valence-corrected chi connectivity index (χ2v) is 9.69. The molecule has 3 nitrogen and oxygen atoms in total. The van der Waals surface area contributed by atoms with Crippen molar-refractivity contribution in [3.8, 4) is 0 Å². The first-order valence-electron chi connectivity index (χ1n) is 10.3. The summed E-state index contributed by atoms with van der Waals surface area (Å²) in [5.41, 5.74) is 4.26. The lowest BCUT2D eigenvalue weighted by Gasteiger charge is -2.45. The Morgan fingerprint density at radius 3 is 2.71 bits per heavy atom. The van der Waals surface area contributed by atoms with Gasteiger partial charge in [0.1, 0.15) is 0 Å². The molecule has 2 aliphatic rings. The van der Waals surface area contributed by atoms with E-state index in [0.717, 1.165) is 29.7 Å². The van der Waals surface area contributed by atoms with Crippen LogP contribution < -0.4 is 4.90 Å². The summed E-state index contributed by atoms with van der Waals surface area (Å²) < 4.78 is 1.08. The summed E-state index contributed by atoms with van der Waals surface area (Å²) >= 11 is 6.38. The van der Waals surface area contributed by atoms with E-state index in [1.54, 1.807) is 6.07 Å². The standard InChI is InChI=1S/C24H30ClN2O/c1-16(2)14-27(4)12-11-23-20(15-27)19-13-17(3)9-10-22(19)26(23)24(28)18-7-5-6-8-21(18)25/h5-10,13,16,20,23H,11-12,14-15H2,1-4H3/q+1/t20-,23-,27?/m0/s1. The lowest BCUT2D eigenvalue weighted by Crippen LogP contribution is -2.57. The van der Waals surface area contributed by atoms with Crippen molar-refractivity contribution in [1.29, 1.82) is 0 Å². The molecule has 148 valence electrons. The second-order valence-electron chi connectivity index (χ2n) is 9.28. The number of hydrogen-bond acceptors (Lipinski definition) is 1. The number of amides is 1. The van der Waals surface area contributed by atoms with Crippen LogP contribution in [0.1, 0.15) is 47.7 Å². The number of halogens is 1. The van der Waals surface area contributed by atoms with Crippen molar-refractivity contribution < 1.29 is 9.28 Å². The molecule has 2 heterocycles. The van der Waals surface area contributed by atoms with E-state index in [0.29, 0.717) is 22.4 Å². The fourth-order valence-electron chi connectivity index (χ4n) is 5.39. The molecule has 4 rings (SSSR count). The molecule has 0 bridgehead atoms. The Kier molecular flexibility index (Phi) is 5.01. The molecule has 1 fully saturated rings. The minimum atomic E-state index is 0.0307. The highest BCUT2D eigenvalue weighted by molar-refractivity contribution is 6.34. The number of aryl methyl sites for hydroxylation is 1. The van der Waals surface area contributed by atoms with Crippen LogP contribution in [0.15, 0.2) is 42.5 Å². The highest BCUT2D eigenvalue weighted by Crippen LogP contribution is 2.47. The number of nitrogens with zero attached hydrogens (tertiary/aromatic N) is 2. The maximum atomic E-state index is 13.5. The number of likely N-dealkylation sites (tertiary alicyclic amines) is 1. The average Bonchev–Trinajstić information content (AvgIpc) is 2.93. The van der Waals surface area contributed by atoms with Crippen molar-refractivity contribution in [2.45, 2.75) is 39.2 Å². The molecule has 0 saturated carbocycles. The number of hydrogen-bond donors (Lipinski definition) is 0. The summed E-state index contributed by atoms with van der Waals surface area (Å²) in [7, 11) is 2.38. The van der Waals surface area contributed by atoms with Crippen LogP contribution in [-0.4, -0.2) is 43.1 Å². The molecule has 1 saturated heterocycles. The molecule has 0 aromatic heterocycles. The monoisotopic (exact) mass is 397 g/mol. The van der Waals surface area contributed by atoms with Gasteiger partial charge in [0, 0.05) is 18.0 Å². The molecule has 2 aromatic carbocycles. The fourth-order valence-corrected chi connectivity index (χ4v) is 5.60. The molecule has 2 aromatic rings. The normalized spacial score (nSPS) is 26.3. The number of piperidine rings is 1. The van der Waals surface area contributed by atoms with E-state index >= 15 is 0 Å². The van der Waals surface area contributed by atoms with Crippen molar-refractivity contribution in [2.24, 2.45) is 5.92 Å². The molecule has 4 heteroatoms. The van der Waals surface area contributed by atoms with Gasteiger partial charge in [0.15, 0.2) is 0 Å². The van der Waals surface area contributed by atoms with E-state index in [1.165, 1.54) is 17.7 Å². The highest BCUT2D eigenvalue weighted by Gasteiger charge is 2.49. The Morgan fingerprint density at radius 1 is 1.25 bits per heavy atom. The van der Waals surface area contributed by atoms with Crippen molar-refractivity contribution in [2.75, 3.05) is 31.6 Å². The number of fused-ring (bicyclic) bond motifs is 3. The van der Waals surface area contributed by atoms with Gasteiger partial charge in [-0.05, 0) is 30.7 Å². The van der Waals surface area contributed by atoms with Gasteiger partial charge in [0.05, 0.1) is 49.2 Å². The molecule has 1 unspecified atom stereocenters. The molecule has 0 spiro atoms. The number of carbonyl (C=O) groups is 1. The molecule has 0 radical (unpaired) electrons. The van der Waals surface area contributed by atoms with Crippen LogP contribution in [0.2, 0.25) is 5.02 Å². The van der Waals surface area contributed by atoms with E-state index < -0.39 is 0 Å². The van der Waals surface area contributed by atoms with Gasteiger partial charge >= 0.3 is 0 Å². The van der Waals surface area contributed by atoms with Crippen LogP contribution in [0.25, 0.3) is 0 Å². The Hall–Kier alpha value is -1.84. The van der Waals surface area contributed by atoms with Gasteiger partial charge in [0.25, 0.3) is 5.91 Å². The number of rotatable bonds is 3. The Labute approximate surface area is 173 Å². The second kappa shape index (κ2) is 7.20. The van der Waals surface area contributed by atoms with Gasteiger partial charge in [-0.1, -0.05) is 55.3 Å². The summed E-state index contributed by atoms with van der Waals surface area (Å²) in [5, 5.41) is 0.529. The minimum Gasteiger partial charge on any atom is -0.325 e. The van der Waals surface area contributed by atoms with Gasteiger partial charge in [-0.3, -0.25) is 4.79 Å². The quantitative estimate of drug-likeness (QED) is 0.646. The van der Waals surface area contributed by atoms with E-state index in [9.17, 15) is 4.79 Å². The highest BCUT2D eigenvalue weighted by atomic mass is 35.5. The summed E-state index contributed by atoms with van der Waals surface area (Å²) in [6.45, 7) is 10.1. The van der Waals surface area contributed by atoms with E-state index in [1.807, 2.05) is 23.1 Å². The lowest BCUT2D eigenvalue weighted by molar-refractivity contribution is -0.918. The Balaban J connectivity index is 1.74. The summed E-state index contributed by atoms with van der Waals surface area (Å²) in [5.74, 6) is 1.09. The van der Waals surface area contributed by atoms with Crippen LogP contribution in [-0.2, 0) is 0 Å². The number of quaternary nitrogens is 1. The van der Waals surface area contributed by atoms with Crippen LogP contribution in [0.3, 0.4) is 0 Å². The van der Waals surface area contributed by atoms with Crippen LogP contribution in [0.5, 0.6) is 0 Å². The molecule has 2 aliphatic heterocycles. The van der Waals surface area contributed by atoms with Crippen molar-refractivity contribution in [3.05, 3.63) is 64.2 Å². The number of anilines is 1. The summed E-state index contributed by atoms with van der Waals surface area (Å²) in [4.78, 5) is 15.6. The molecule has 0 aliphatic carbocycles. The summed E-state index contributed by atoms with van der Waals surface area (Å²) in [6.07, 6.45) is 1.03. The smallest absolute Gasteiger partial charge is 0.260 e. The van der Waals surface area contributed by atoms with Gasteiger partial charge < -0.3 is 9.38 Å². The van der Waals surface area contributed by atoms with Crippen molar-refractivity contribution in [3.63, 3.8) is 0 Å². The first kappa shape index (κ1) is 19.5. The number of likely N-dealkylation sites (N-methyl/N-ethyl adjacent to an activating group) is 1. The lowest BCUT2D eigenvalue weighted by atomic mass is 9.86. The molecule has 28 heavy (non-hydrogen) atoms. The van der Waals surface area contributed by atoms with Crippen molar-refractivity contribution in [1.82, 2.24) is 0 Å². The molecule has 3 atom stereocenters. The minimum absolute atomic E-state index is 0.0307. The van der Waals surface area contributed by atoms with Gasteiger partial charge in [-0.15, -0.1) is 0 Å².